The molecule has 2 aromatic carbocycles. The van der Waals surface area contributed by atoms with Crippen LogP contribution in [-0.2, 0) is 11.2 Å². The molecule has 148 valence electrons. The lowest BCUT2D eigenvalue weighted by molar-refractivity contribution is -0.115. The van der Waals surface area contributed by atoms with Crippen LogP contribution in [0.3, 0.4) is 0 Å². The first-order valence-corrected chi connectivity index (χ1v) is 9.50. The molecular weight excluding hydrogens is 380 g/mol. The number of hydrogen-bond donors (Lipinski definition) is 2. The Morgan fingerprint density at radius 1 is 1.14 bits per heavy atom. The minimum atomic E-state index is -0.188. The number of hydrogen-bond acceptors (Lipinski definition) is 4. The molecule has 2 N–H and O–H groups in total. The SMILES string of the molecule is Cc1cc(NC(=O)Cc2cc(Cl)c3c(c2)OCCO3)ccc1C(=O)NC(C)C. The van der Waals surface area contributed by atoms with Crippen molar-refractivity contribution < 1.29 is 19.1 Å². The molecule has 1 heterocycles. The van der Waals surface area contributed by atoms with Crippen LogP contribution in [0.5, 0.6) is 11.5 Å². The van der Waals surface area contributed by atoms with Gasteiger partial charge in [-0.3, -0.25) is 9.59 Å². The summed E-state index contributed by atoms with van der Waals surface area (Å²) in [5.74, 6) is 0.753. The molecule has 0 fully saturated rings. The molecule has 1 aliphatic heterocycles. The number of ether oxygens (including phenoxy) is 2. The predicted molar refractivity (Wildman–Crippen MR) is 109 cm³/mol. The van der Waals surface area contributed by atoms with Gasteiger partial charge in [-0.25, -0.2) is 0 Å². The van der Waals surface area contributed by atoms with Gasteiger partial charge in [0, 0.05) is 17.3 Å². The standard InChI is InChI=1S/C21H23ClN2O4/c1-12(2)23-21(26)16-5-4-15(8-13(16)3)24-19(25)11-14-9-17(22)20-18(10-14)27-6-7-28-20/h4-5,8-10,12H,6-7,11H2,1-3H3,(H,23,26)(H,24,25). The van der Waals surface area contributed by atoms with Crippen molar-refractivity contribution in [3.05, 3.63) is 52.0 Å². The maximum atomic E-state index is 12.4. The molecule has 0 saturated carbocycles. The molecule has 0 unspecified atom stereocenters. The van der Waals surface area contributed by atoms with Gasteiger partial charge in [0.15, 0.2) is 11.5 Å². The summed E-state index contributed by atoms with van der Waals surface area (Å²) in [6.07, 6.45) is 0.144. The second-order valence-corrected chi connectivity index (χ2v) is 7.39. The second kappa shape index (κ2) is 8.52. The Morgan fingerprint density at radius 3 is 2.61 bits per heavy atom. The molecule has 2 amide bonds. The van der Waals surface area contributed by atoms with E-state index in [-0.39, 0.29) is 24.3 Å². The monoisotopic (exact) mass is 402 g/mol. The largest absolute Gasteiger partial charge is 0.486 e. The summed E-state index contributed by atoms with van der Waals surface area (Å²) >= 11 is 6.22. The first-order chi connectivity index (χ1) is 13.3. The molecule has 6 nitrogen and oxygen atoms in total. The molecular formula is C21H23ClN2O4. The van der Waals surface area contributed by atoms with Crippen molar-refractivity contribution in [1.82, 2.24) is 5.32 Å². The highest BCUT2D eigenvalue weighted by atomic mass is 35.5. The zero-order valence-electron chi connectivity index (χ0n) is 16.1. The molecule has 7 heteroatoms. The Balaban J connectivity index is 1.67. The van der Waals surface area contributed by atoms with E-state index in [1.165, 1.54) is 0 Å². The third-order valence-corrected chi connectivity index (χ3v) is 4.48. The lowest BCUT2D eigenvalue weighted by atomic mass is 10.1. The van der Waals surface area contributed by atoms with Crippen LogP contribution in [0.15, 0.2) is 30.3 Å². The zero-order valence-corrected chi connectivity index (χ0v) is 16.9. The average molecular weight is 403 g/mol. The first kappa shape index (κ1) is 20.0. The third-order valence-electron chi connectivity index (χ3n) is 4.20. The fourth-order valence-electron chi connectivity index (χ4n) is 2.99. The van der Waals surface area contributed by atoms with Gasteiger partial charge >= 0.3 is 0 Å². The summed E-state index contributed by atoms with van der Waals surface area (Å²) in [5.41, 5.74) is 2.74. The molecule has 0 aromatic heterocycles. The number of carbonyl (C=O) groups is 2. The molecule has 28 heavy (non-hydrogen) atoms. The van der Waals surface area contributed by atoms with Crippen LogP contribution in [0, 0.1) is 6.92 Å². The molecule has 0 bridgehead atoms. The van der Waals surface area contributed by atoms with Gasteiger partial charge in [0.1, 0.15) is 13.2 Å². The fourth-order valence-corrected chi connectivity index (χ4v) is 3.28. The van der Waals surface area contributed by atoms with E-state index in [4.69, 9.17) is 21.1 Å². The molecule has 0 spiro atoms. The summed E-state index contributed by atoms with van der Waals surface area (Å²) in [6, 6.07) is 8.75. The van der Waals surface area contributed by atoms with Crippen LogP contribution in [0.25, 0.3) is 0 Å². The van der Waals surface area contributed by atoms with Crippen molar-refractivity contribution in [3.8, 4) is 11.5 Å². The quantitative estimate of drug-likeness (QED) is 0.798. The Morgan fingerprint density at radius 2 is 1.89 bits per heavy atom. The van der Waals surface area contributed by atoms with Gasteiger partial charge in [0.25, 0.3) is 5.91 Å². The lowest BCUT2D eigenvalue weighted by Gasteiger charge is -2.20. The van der Waals surface area contributed by atoms with Crippen LogP contribution in [0.4, 0.5) is 5.69 Å². The highest BCUT2D eigenvalue weighted by Gasteiger charge is 2.18. The number of benzene rings is 2. The van der Waals surface area contributed by atoms with Gasteiger partial charge < -0.3 is 20.1 Å². The number of fused-ring (bicyclic) bond motifs is 1. The minimum Gasteiger partial charge on any atom is -0.486 e. The first-order valence-electron chi connectivity index (χ1n) is 9.13. The molecule has 1 aliphatic rings. The van der Waals surface area contributed by atoms with E-state index < -0.39 is 0 Å². The van der Waals surface area contributed by atoms with Crippen LogP contribution in [0.1, 0.15) is 35.3 Å². The lowest BCUT2D eigenvalue weighted by Crippen LogP contribution is -2.30. The van der Waals surface area contributed by atoms with E-state index in [0.717, 1.165) is 11.1 Å². The molecule has 0 atom stereocenters. The number of carbonyl (C=O) groups excluding carboxylic acids is 2. The van der Waals surface area contributed by atoms with E-state index in [2.05, 4.69) is 10.6 Å². The Hall–Kier alpha value is -2.73. The van der Waals surface area contributed by atoms with E-state index in [1.54, 1.807) is 30.3 Å². The number of aryl methyl sites for hydroxylation is 1. The minimum absolute atomic E-state index is 0.0594. The van der Waals surface area contributed by atoms with Crippen molar-refractivity contribution in [2.75, 3.05) is 18.5 Å². The normalized spacial score (nSPS) is 12.6. The summed E-state index contributed by atoms with van der Waals surface area (Å²) in [4.78, 5) is 24.6. The van der Waals surface area contributed by atoms with Crippen LogP contribution in [0.2, 0.25) is 5.02 Å². The van der Waals surface area contributed by atoms with Crippen molar-refractivity contribution in [2.24, 2.45) is 0 Å². The highest BCUT2D eigenvalue weighted by molar-refractivity contribution is 6.32. The molecule has 2 aromatic rings. The molecule has 0 saturated heterocycles. The summed E-state index contributed by atoms with van der Waals surface area (Å²) < 4.78 is 11.0. The van der Waals surface area contributed by atoms with E-state index in [0.29, 0.717) is 41.0 Å². The Bertz CT molecular complexity index is 912. The van der Waals surface area contributed by atoms with Gasteiger partial charge in [-0.2, -0.15) is 0 Å². The number of rotatable bonds is 5. The topological polar surface area (TPSA) is 76.7 Å². The maximum absolute atomic E-state index is 12.4. The molecule has 0 radical (unpaired) electrons. The van der Waals surface area contributed by atoms with Crippen molar-refractivity contribution >= 4 is 29.1 Å². The van der Waals surface area contributed by atoms with Crippen molar-refractivity contribution in [2.45, 2.75) is 33.2 Å². The molecule has 0 aliphatic carbocycles. The predicted octanol–water partition coefficient (Wildman–Crippen LogP) is 3.74. The van der Waals surface area contributed by atoms with Gasteiger partial charge in [0.05, 0.1) is 11.4 Å². The van der Waals surface area contributed by atoms with Gasteiger partial charge in [-0.15, -0.1) is 0 Å². The number of halogens is 1. The van der Waals surface area contributed by atoms with E-state index in [9.17, 15) is 9.59 Å². The summed E-state index contributed by atoms with van der Waals surface area (Å²) in [5, 5.41) is 6.14. The summed E-state index contributed by atoms with van der Waals surface area (Å²) in [6.45, 7) is 6.56. The maximum Gasteiger partial charge on any atom is 0.251 e. The van der Waals surface area contributed by atoms with Crippen LogP contribution >= 0.6 is 11.6 Å². The smallest absolute Gasteiger partial charge is 0.251 e. The highest BCUT2D eigenvalue weighted by Crippen LogP contribution is 2.38. The third kappa shape index (κ3) is 4.75. The van der Waals surface area contributed by atoms with Gasteiger partial charge in [-0.1, -0.05) is 11.6 Å². The average Bonchev–Trinajstić information content (AvgIpc) is 2.61. The van der Waals surface area contributed by atoms with Crippen molar-refractivity contribution in [3.63, 3.8) is 0 Å². The fraction of sp³-hybridized carbons (Fsp3) is 0.333. The Labute approximate surface area is 169 Å². The van der Waals surface area contributed by atoms with Crippen molar-refractivity contribution in [1.29, 1.82) is 0 Å². The van der Waals surface area contributed by atoms with Gasteiger partial charge in [-0.05, 0) is 62.2 Å². The second-order valence-electron chi connectivity index (χ2n) is 6.98. The number of anilines is 1. The summed E-state index contributed by atoms with van der Waals surface area (Å²) in [7, 11) is 0. The number of amides is 2. The van der Waals surface area contributed by atoms with Crippen LogP contribution < -0.4 is 20.1 Å². The van der Waals surface area contributed by atoms with E-state index in [1.807, 2.05) is 20.8 Å². The van der Waals surface area contributed by atoms with E-state index >= 15 is 0 Å². The van der Waals surface area contributed by atoms with Crippen LogP contribution in [-0.4, -0.2) is 31.1 Å². The number of nitrogens with one attached hydrogen (secondary N) is 2. The molecule has 3 rings (SSSR count). The Kier molecular flexibility index (Phi) is 6.09. The van der Waals surface area contributed by atoms with Gasteiger partial charge in [0.2, 0.25) is 5.91 Å². The zero-order chi connectivity index (χ0) is 20.3.